The molecule has 0 saturated carbocycles. The fraction of sp³-hybridized carbons (Fsp3) is 0. The number of nitrogens with zero attached hydrogens (tertiary/aromatic N) is 4. The van der Waals surface area contributed by atoms with Crippen molar-refractivity contribution in [1.82, 2.24) is 19.5 Å². The normalized spacial score (nSPS) is 13.0. The van der Waals surface area contributed by atoms with Gasteiger partial charge < -0.3 is 8.98 Å². The Balaban J connectivity index is 1.17. The predicted octanol–water partition coefficient (Wildman–Crippen LogP) is 15.0. The van der Waals surface area contributed by atoms with Crippen molar-refractivity contribution in [2.45, 2.75) is 0 Å². The Labute approximate surface area is 362 Å². The quantitative estimate of drug-likeness (QED) is 0.163. The molecule has 0 spiro atoms. The zero-order valence-electron chi connectivity index (χ0n) is 37.9. The highest BCUT2D eigenvalue weighted by Crippen LogP contribution is 2.44. The second-order valence-electron chi connectivity index (χ2n) is 15.5. The third-order valence-electron chi connectivity index (χ3n) is 12.1. The number of benzene rings is 10. The minimum absolute atomic E-state index is 0.0596. The van der Waals surface area contributed by atoms with Gasteiger partial charge in [-0.25, -0.2) is 15.0 Å². The maximum absolute atomic E-state index is 8.96. The minimum atomic E-state index is -0.458. The fourth-order valence-electron chi connectivity index (χ4n) is 9.44. The van der Waals surface area contributed by atoms with Gasteiger partial charge in [0.05, 0.1) is 23.5 Å². The van der Waals surface area contributed by atoms with Gasteiger partial charge in [-0.05, 0) is 56.8 Å². The highest BCUT2D eigenvalue weighted by atomic mass is 16.3. The van der Waals surface area contributed by atoms with Gasteiger partial charge in [-0.3, -0.25) is 0 Å². The lowest BCUT2D eigenvalue weighted by Crippen LogP contribution is -2.02. The van der Waals surface area contributed by atoms with Crippen molar-refractivity contribution in [3.63, 3.8) is 0 Å². The standard InChI is InChI=1S/C57H34N4O/c1-3-17-35(18-4-1)38-27-15-29-46-48-33-37(61-50-31-13-11-24-42(50)43-25-12-14-32-51(43)61)34-49(54(48)62-53(38)46)57-59-55(36-19-5-2-6-20-36)58-56(60-57)47-30-16-28-45-41-22-8-7-21-39(41)40-23-9-10-26-44(40)52(45)47/h1-34H/i1D,3D,4D,17D,18D. The van der Waals surface area contributed by atoms with E-state index in [1.165, 1.54) is 5.39 Å². The molecule has 5 nitrogen and oxygen atoms in total. The van der Waals surface area contributed by atoms with Gasteiger partial charge in [0.25, 0.3) is 0 Å². The lowest BCUT2D eigenvalue weighted by atomic mass is 9.91. The average molecular weight is 796 g/mol. The molecule has 0 radical (unpaired) electrons. The smallest absolute Gasteiger partial charge is 0.167 e. The van der Waals surface area contributed by atoms with Crippen molar-refractivity contribution < 1.29 is 11.3 Å². The molecule has 0 atom stereocenters. The number of hydrogen-bond donors (Lipinski definition) is 0. The number of para-hydroxylation sites is 3. The van der Waals surface area contributed by atoms with E-state index < -0.39 is 18.1 Å². The molecular weight excluding hydrogens is 757 g/mol. The second kappa shape index (κ2) is 13.6. The van der Waals surface area contributed by atoms with Crippen LogP contribution in [0.15, 0.2) is 211 Å². The summed E-state index contributed by atoms with van der Waals surface area (Å²) in [6.07, 6.45) is 0. The van der Waals surface area contributed by atoms with Crippen molar-refractivity contribution >= 4 is 76.1 Å². The lowest BCUT2D eigenvalue weighted by molar-refractivity contribution is 0.670. The van der Waals surface area contributed by atoms with Gasteiger partial charge in [-0.2, -0.15) is 0 Å². The van der Waals surface area contributed by atoms with Gasteiger partial charge in [-0.1, -0.05) is 182 Å². The molecule has 3 aromatic heterocycles. The predicted molar refractivity (Wildman–Crippen MR) is 256 cm³/mol. The molecule has 10 aromatic carbocycles. The molecule has 0 unspecified atom stereocenters. The van der Waals surface area contributed by atoms with Crippen molar-refractivity contribution in [3.05, 3.63) is 206 Å². The van der Waals surface area contributed by atoms with Gasteiger partial charge in [-0.15, -0.1) is 0 Å². The van der Waals surface area contributed by atoms with Crippen LogP contribution in [0.4, 0.5) is 0 Å². The van der Waals surface area contributed by atoms with Crippen molar-refractivity contribution in [2.24, 2.45) is 0 Å². The third kappa shape index (κ3) is 5.18. The summed E-state index contributed by atoms with van der Waals surface area (Å²) in [4.78, 5) is 16.0. The van der Waals surface area contributed by atoms with Crippen molar-refractivity contribution in [1.29, 1.82) is 0 Å². The summed E-state index contributed by atoms with van der Waals surface area (Å²) in [6.45, 7) is 0. The number of hydrogen-bond acceptors (Lipinski definition) is 4. The lowest BCUT2D eigenvalue weighted by Gasteiger charge is -2.15. The highest BCUT2D eigenvalue weighted by molar-refractivity contribution is 6.28. The summed E-state index contributed by atoms with van der Waals surface area (Å²) >= 11 is 0. The monoisotopic (exact) mass is 795 g/mol. The van der Waals surface area contributed by atoms with Crippen LogP contribution in [0.3, 0.4) is 0 Å². The summed E-state index contributed by atoms with van der Waals surface area (Å²) in [5.74, 6) is 1.34. The van der Waals surface area contributed by atoms with E-state index in [-0.39, 0.29) is 17.6 Å². The van der Waals surface area contributed by atoms with Crippen LogP contribution < -0.4 is 0 Å². The van der Waals surface area contributed by atoms with E-state index in [2.05, 4.69) is 120 Å². The molecule has 288 valence electrons. The van der Waals surface area contributed by atoms with Gasteiger partial charge in [0.2, 0.25) is 0 Å². The third-order valence-corrected chi connectivity index (χ3v) is 12.1. The molecule has 0 fully saturated rings. The first-order valence-corrected chi connectivity index (χ1v) is 20.5. The Morgan fingerprint density at radius 2 is 0.871 bits per heavy atom. The van der Waals surface area contributed by atoms with Crippen LogP contribution in [0.25, 0.3) is 127 Å². The fourth-order valence-corrected chi connectivity index (χ4v) is 9.44. The van der Waals surface area contributed by atoms with Crippen molar-refractivity contribution in [3.8, 4) is 51.0 Å². The van der Waals surface area contributed by atoms with E-state index in [0.29, 0.717) is 45.2 Å². The minimum Gasteiger partial charge on any atom is -0.455 e. The number of rotatable bonds is 5. The maximum atomic E-state index is 8.96. The van der Waals surface area contributed by atoms with E-state index in [1.807, 2.05) is 54.6 Å². The van der Waals surface area contributed by atoms with Crippen LogP contribution in [-0.2, 0) is 0 Å². The Kier molecular flexibility index (Phi) is 6.51. The van der Waals surface area contributed by atoms with Gasteiger partial charge in [0.1, 0.15) is 11.2 Å². The zero-order chi connectivity index (χ0) is 45.1. The largest absolute Gasteiger partial charge is 0.455 e. The molecule has 0 amide bonds. The Morgan fingerprint density at radius 3 is 1.55 bits per heavy atom. The van der Waals surface area contributed by atoms with Crippen LogP contribution >= 0.6 is 0 Å². The van der Waals surface area contributed by atoms with E-state index in [9.17, 15) is 0 Å². The molecule has 0 bridgehead atoms. The maximum Gasteiger partial charge on any atom is 0.167 e. The topological polar surface area (TPSA) is 56.7 Å². The van der Waals surface area contributed by atoms with E-state index in [1.54, 1.807) is 6.07 Å². The Bertz CT molecular complexity index is 4110. The summed E-state index contributed by atoms with van der Waals surface area (Å²) in [6, 6.07) is 57.6. The summed E-state index contributed by atoms with van der Waals surface area (Å²) < 4.78 is 52.6. The number of fused-ring (bicyclic) bond motifs is 12. The van der Waals surface area contributed by atoms with Gasteiger partial charge >= 0.3 is 0 Å². The van der Waals surface area contributed by atoms with Crippen LogP contribution in [0.1, 0.15) is 6.85 Å². The molecule has 0 aliphatic rings. The first kappa shape index (κ1) is 29.7. The molecule has 13 aromatic rings. The summed E-state index contributed by atoms with van der Waals surface area (Å²) in [5, 5.41) is 10.3. The first-order chi connectivity index (χ1) is 32.8. The molecule has 0 saturated heterocycles. The Hall–Kier alpha value is -8.41. The van der Waals surface area contributed by atoms with Gasteiger partial charge in [0.15, 0.2) is 17.5 Å². The Morgan fingerprint density at radius 1 is 0.371 bits per heavy atom. The first-order valence-electron chi connectivity index (χ1n) is 23.0. The van der Waals surface area contributed by atoms with Crippen molar-refractivity contribution in [2.75, 3.05) is 0 Å². The molecular formula is C57H34N4O. The van der Waals surface area contributed by atoms with E-state index in [0.717, 1.165) is 70.9 Å². The van der Waals surface area contributed by atoms with Crippen LogP contribution in [-0.4, -0.2) is 19.5 Å². The molecule has 62 heavy (non-hydrogen) atoms. The summed E-state index contributed by atoms with van der Waals surface area (Å²) in [5.41, 5.74) is 6.40. The molecule has 13 rings (SSSR count). The molecule has 5 heteroatoms. The summed E-state index contributed by atoms with van der Waals surface area (Å²) in [7, 11) is 0. The molecule has 0 aliphatic carbocycles. The molecule has 0 N–H and O–H groups in total. The molecule has 3 heterocycles. The van der Waals surface area contributed by atoms with E-state index >= 15 is 0 Å². The van der Waals surface area contributed by atoms with Crippen LogP contribution in [0.5, 0.6) is 0 Å². The highest BCUT2D eigenvalue weighted by Gasteiger charge is 2.24. The average Bonchev–Trinajstić information content (AvgIpc) is 3.93. The van der Waals surface area contributed by atoms with Crippen LogP contribution in [0, 0.1) is 0 Å². The number of furan rings is 1. The van der Waals surface area contributed by atoms with Gasteiger partial charge in [0, 0.05) is 49.3 Å². The van der Waals surface area contributed by atoms with Crippen LogP contribution in [0.2, 0.25) is 0 Å². The SMILES string of the molecule is [2H]c1c([2H])c([2H])c(-c2cccc3c2oc2c(-c4nc(-c5ccccc5)nc(-c5cccc6c7ccccc7c7ccccc7c56)n4)cc(-n4c5ccccc5c5ccccc54)cc23)c([2H])c1[2H]. The zero-order valence-corrected chi connectivity index (χ0v) is 32.9. The van der Waals surface area contributed by atoms with E-state index in [4.69, 9.17) is 26.2 Å². The second-order valence-corrected chi connectivity index (χ2v) is 15.5. The molecule has 0 aliphatic heterocycles. The number of aromatic nitrogens is 4.